The molecule has 3 N–H and O–H groups in total. The van der Waals surface area contributed by atoms with Gasteiger partial charge >= 0.3 is 35.5 Å². The topological polar surface area (TPSA) is 95.6 Å². The van der Waals surface area contributed by atoms with Crippen LogP contribution >= 0.6 is 67.8 Å². The van der Waals surface area contributed by atoms with Crippen LogP contribution < -0.4 is 45.1 Å². The van der Waals surface area contributed by atoms with Crippen molar-refractivity contribution in [1.82, 2.24) is 0 Å². The summed E-state index contributed by atoms with van der Waals surface area (Å²) in [4.78, 5) is 11.1. The van der Waals surface area contributed by atoms with Crippen LogP contribution in [0.15, 0.2) is 36.4 Å². The van der Waals surface area contributed by atoms with Gasteiger partial charge in [0, 0.05) is 3.57 Å². The van der Waals surface area contributed by atoms with Crippen LogP contribution in [0.2, 0.25) is 0 Å². The van der Waals surface area contributed by atoms with Crippen LogP contribution in [0.3, 0.4) is 0 Å². The van der Waals surface area contributed by atoms with Crippen LogP contribution in [0.25, 0.3) is 0 Å². The second-order valence-electron chi connectivity index (χ2n) is 4.62. The Hall–Kier alpha value is 0.660. The number of benzene rings is 2. The first-order valence-electron chi connectivity index (χ1n) is 6.36. The van der Waals surface area contributed by atoms with Crippen molar-refractivity contribution < 1.29 is 49.3 Å². The molecule has 0 aliphatic heterocycles. The summed E-state index contributed by atoms with van der Waals surface area (Å²) in [5.74, 6) is 0.102. The van der Waals surface area contributed by atoms with E-state index in [1.165, 1.54) is 12.1 Å². The summed E-state index contributed by atoms with van der Waals surface area (Å²) in [5, 5.41) is 20.2. The molecule has 5 nitrogen and oxygen atoms in total. The molecule has 0 saturated heterocycles. The fraction of sp³-hybridized carbons (Fsp3) is 0.133. The number of rotatable bonds is 5. The molecule has 0 radical (unpaired) electrons. The van der Waals surface area contributed by atoms with E-state index in [1.807, 2.05) is 28.7 Å². The molecule has 0 amide bonds. The molecule has 1 unspecified atom stereocenters. The molecule has 0 aliphatic carbocycles. The molecule has 122 valence electrons. The third-order valence-electron chi connectivity index (χ3n) is 3.03. The number of nitrogens with two attached hydrogens (primary N) is 1. The first-order valence-corrected chi connectivity index (χ1v) is 9.77. The van der Waals surface area contributed by atoms with E-state index < -0.39 is 12.0 Å². The molecule has 9 heteroatoms. The summed E-state index contributed by atoms with van der Waals surface area (Å²) in [7, 11) is 0. The van der Waals surface area contributed by atoms with Crippen molar-refractivity contribution in [2.75, 3.05) is 0 Å². The SMILES string of the molecule is N[C@H](C(=O)O)C(I)c1ccc(Oc2ccc([O-])cc2)c(I)c1I.[Na+]. The zero-order valence-corrected chi connectivity index (χ0v) is 21.0. The van der Waals surface area contributed by atoms with Gasteiger partial charge < -0.3 is 20.7 Å². The van der Waals surface area contributed by atoms with Gasteiger partial charge in [0.2, 0.25) is 0 Å². The van der Waals surface area contributed by atoms with E-state index in [0.717, 1.165) is 12.7 Å². The molecule has 2 rings (SSSR count). The van der Waals surface area contributed by atoms with Gasteiger partial charge in [-0.05, 0) is 68.9 Å². The van der Waals surface area contributed by atoms with Crippen molar-refractivity contribution in [3.8, 4) is 17.2 Å². The van der Waals surface area contributed by atoms with Crippen molar-refractivity contribution in [3.63, 3.8) is 0 Å². The maximum absolute atomic E-state index is 11.1. The quantitative estimate of drug-likeness (QED) is 0.277. The van der Waals surface area contributed by atoms with Gasteiger partial charge in [-0.1, -0.05) is 40.8 Å². The van der Waals surface area contributed by atoms with Crippen molar-refractivity contribution >= 4 is 73.7 Å². The predicted molar refractivity (Wildman–Crippen MR) is 110 cm³/mol. The van der Waals surface area contributed by atoms with Crippen LogP contribution in [0.1, 0.15) is 9.49 Å². The Labute approximate surface area is 202 Å². The second-order valence-corrected chi connectivity index (χ2v) is 8.12. The minimum Gasteiger partial charge on any atom is -0.872 e. The Bertz CT molecular complexity index is 727. The van der Waals surface area contributed by atoms with E-state index >= 15 is 0 Å². The van der Waals surface area contributed by atoms with Crippen molar-refractivity contribution in [1.29, 1.82) is 0 Å². The summed E-state index contributed by atoms with van der Waals surface area (Å²) in [6.07, 6.45) is 0. The summed E-state index contributed by atoms with van der Waals surface area (Å²) in [6.45, 7) is 0. The summed E-state index contributed by atoms with van der Waals surface area (Å²) in [6, 6.07) is 8.73. The third kappa shape index (κ3) is 5.58. The fourth-order valence-corrected chi connectivity index (χ4v) is 4.60. The van der Waals surface area contributed by atoms with Gasteiger partial charge in [-0.3, -0.25) is 4.79 Å². The van der Waals surface area contributed by atoms with Crippen LogP contribution in [0.4, 0.5) is 0 Å². The minimum atomic E-state index is -1.03. The Balaban J connectivity index is 0.00000288. The van der Waals surface area contributed by atoms with Crippen molar-refractivity contribution in [2.24, 2.45) is 5.73 Å². The van der Waals surface area contributed by atoms with E-state index in [9.17, 15) is 9.90 Å². The summed E-state index contributed by atoms with van der Waals surface area (Å²) in [5.41, 5.74) is 6.57. The minimum absolute atomic E-state index is 0. The van der Waals surface area contributed by atoms with E-state index in [-0.39, 0.29) is 39.2 Å². The van der Waals surface area contributed by atoms with E-state index in [2.05, 4.69) is 45.2 Å². The number of hydrogen-bond donors (Lipinski definition) is 2. The van der Waals surface area contributed by atoms with Crippen LogP contribution in [-0.4, -0.2) is 17.1 Å². The molecule has 2 aromatic rings. The second kappa shape index (κ2) is 10.1. The maximum Gasteiger partial charge on any atom is 1.00 e. The first-order chi connectivity index (χ1) is 10.8. The van der Waals surface area contributed by atoms with E-state index in [0.29, 0.717) is 11.5 Å². The molecular weight excluding hydrogens is 662 g/mol. The van der Waals surface area contributed by atoms with Gasteiger partial charge in [0.1, 0.15) is 17.5 Å². The smallest absolute Gasteiger partial charge is 0.872 e. The van der Waals surface area contributed by atoms with Gasteiger partial charge in [-0.25, -0.2) is 0 Å². The molecule has 0 saturated carbocycles. The Kier molecular flexibility index (Phi) is 9.57. The molecule has 2 aromatic carbocycles. The molecule has 0 spiro atoms. The van der Waals surface area contributed by atoms with Gasteiger partial charge in [0.05, 0.1) is 7.49 Å². The normalized spacial score (nSPS) is 12.8. The summed E-state index contributed by atoms with van der Waals surface area (Å²) >= 11 is 6.35. The van der Waals surface area contributed by atoms with Gasteiger partial charge in [-0.2, -0.15) is 0 Å². The Morgan fingerprint density at radius 3 is 2.25 bits per heavy atom. The number of ether oxygens (including phenoxy) is 1. The molecule has 2 atom stereocenters. The van der Waals surface area contributed by atoms with E-state index in [4.69, 9.17) is 15.6 Å². The number of carboxylic acids is 1. The molecule has 0 heterocycles. The average molecular weight is 673 g/mol. The monoisotopic (exact) mass is 673 g/mol. The van der Waals surface area contributed by atoms with Crippen LogP contribution in [0, 0.1) is 7.14 Å². The summed E-state index contributed by atoms with van der Waals surface area (Å²) < 4.78 is 7.21. The van der Waals surface area contributed by atoms with Crippen LogP contribution in [0.5, 0.6) is 17.2 Å². The number of hydrogen-bond acceptors (Lipinski definition) is 4. The largest absolute Gasteiger partial charge is 1.00 e. The first kappa shape index (κ1) is 22.7. The van der Waals surface area contributed by atoms with Gasteiger partial charge in [0.15, 0.2) is 0 Å². The molecule has 24 heavy (non-hydrogen) atoms. The molecule has 0 aromatic heterocycles. The third-order valence-corrected chi connectivity index (χ3v) is 7.74. The average Bonchev–Trinajstić information content (AvgIpc) is 2.52. The maximum atomic E-state index is 11.1. The molecular formula is C15H11I3NNaO4. The zero-order valence-electron chi connectivity index (χ0n) is 12.5. The molecule has 0 fully saturated rings. The number of halogens is 3. The number of carboxylic acid groups (broad SMARTS) is 1. The van der Waals surface area contributed by atoms with Gasteiger partial charge in [0.25, 0.3) is 0 Å². The predicted octanol–water partition coefficient (Wildman–Crippen LogP) is 0.654. The standard InChI is InChI=1S/C15H12I3NO4.Na/c16-11-9(12(17)14(19)15(21)22)5-6-10(13(11)18)23-8-3-1-7(20)2-4-8;/h1-6,12,14,20H,19H2,(H,21,22);/q;+1/p-1/t12?,14-;/m0./s1. The van der Waals surface area contributed by atoms with Crippen molar-refractivity contribution in [2.45, 2.75) is 9.97 Å². The van der Waals surface area contributed by atoms with Crippen LogP contribution in [-0.2, 0) is 4.79 Å². The molecule has 0 bridgehead atoms. The van der Waals surface area contributed by atoms with E-state index in [1.54, 1.807) is 18.2 Å². The van der Waals surface area contributed by atoms with Crippen molar-refractivity contribution in [3.05, 3.63) is 49.1 Å². The Morgan fingerprint density at radius 1 is 1.12 bits per heavy atom. The fourth-order valence-electron chi connectivity index (χ4n) is 1.79. The Morgan fingerprint density at radius 2 is 1.71 bits per heavy atom. The zero-order chi connectivity index (χ0) is 17.1. The number of alkyl halides is 1. The number of carbonyl (C=O) groups is 1. The number of aliphatic carboxylic acids is 1. The van der Waals surface area contributed by atoms with Gasteiger partial charge in [-0.15, -0.1) is 5.75 Å². The molecule has 0 aliphatic rings.